The Balaban J connectivity index is 1.72. The van der Waals surface area contributed by atoms with Gasteiger partial charge in [-0.05, 0) is 56.0 Å². The van der Waals surface area contributed by atoms with Gasteiger partial charge in [-0.2, -0.15) is 0 Å². The Labute approximate surface area is 200 Å². The first kappa shape index (κ1) is 23.3. The Morgan fingerprint density at radius 2 is 1.94 bits per heavy atom. The molecule has 0 unspecified atom stereocenters. The third-order valence-electron chi connectivity index (χ3n) is 5.47. The second-order valence-electron chi connectivity index (χ2n) is 7.63. The van der Waals surface area contributed by atoms with E-state index in [1.54, 1.807) is 26.1 Å². The fourth-order valence-corrected chi connectivity index (χ4v) is 4.75. The highest BCUT2D eigenvalue weighted by atomic mass is 32.2. The second kappa shape index (κ2) is 9.56. The number of rotatable bonds is 6. The normalized spacial score (nSPS) is 16.1. The lowest BCUT2D eigenvalue weighted by Gasteiger charge is -2.08. The lowest BCUT2D eigenvalue weighted by molar-refractivity contribution is -0.143. The lowest BCUT2D eigenvalue weighted by atomic mass is 10.1. The van der Waals surface area contributed by atoms with Gasteiger partial charge in [-0.1, -0.05) is 24.3 Å². The van der Waals surface area contributed by atoms with Crippen molar-refractivity contribution < 1.29 is 24.2 Å². The molecule has 34 heavy (non-hydrogen) atoms. The number of thioether (sulfide) groups is 1. The third-order valence-corrected chi connectivity index (χ3v) is 6.53. The minimum atomic E-state index is -1.04. The number of para-hydroxylation sites is 1. The quantitative estimate of drug-likeness (QED) is 0.416. The Hall–Kier alpha value is -3.85. The number of aliphatic imine (C=N–C) groups is 1. The maximum atomic E-state index is 13.0. The molecular weight excluding hydrogens is 454 g/mol. The molecule has 8 nitrogen and oxygen atoms in total. The van der Waals surface area contributed by atoms with Crippen LogP contribution >= 0.6 is 11.8 Å². The average Bonchev–Trinajstić information content (AvgIpc) is 3.23. The summed E-state index contributed by atoms with van der Waals surface area (Å²) in [5, 5.41) is 10.6. The number of benzene rings is 2. The van der Waals surface area contributed by atoms with Crippen molar-refractivity contribution in [3.63, 3.8) is 0 Å². The molecule has 0 radical (unpaired) electrons. The summed E-state index contributed by atoms with van der Waals surface area (Å²) in [7, 11) is 1.63. The van der Waals surface area contributed by atoms with Crippen LogP contribution < -0.4 is 0 Å². The maximum absolute atomic E-state index is 13.0. The van der Waals surface area contributed by atoms with Crippen LogP contribution in [0.1, 0.15) is 28.5 Å². The van der Waals surface area contributed by atoms with E-state index < -0.39 is 5.97 Å². The molecule has 1 amide bonds. The van der Waals surface area contributed by atoms with E-state index in [1.807, 2.05) is 41.8 Å². The van der Waals surface area contributed by atoms with Crippen LogP contribution in [-0.2, 0) is 20.9 Å². The van der Waals surface area contributed by atoms with Gasteiger partial charge in [-0.15, -0.1) is 0 Å². The molecule has 9 heteroatoms. The standard InChI is InChI=1S/C25H23N3O5S/c1-4-33-22(29)14-28-15(2)19(18-10-5-6-11-20(18)28)13-21-23(30)27(3)25(34-21)26-17-9-7-8-16(12-17)24(31)32/h5-13H,4,14H2,1-3H3,(H,31,32)/b21-13+,26-25?. The Kier molecular flexibility index (Phi) is 6.56. The van der Waals surface area contributed by atoms with E-state index in [9.17, 15) is 19.5 Å². The highest BCUT2D eigenvalue weighted by Crippen LogP contribution is 2.36. The summed E-state index contributed by atoms with van der Waals surface area (Å²) in [5.41, 5.74) is 3.14. The van der Waals surface area contributed by atoms with Gasteiger partial charge in [0, 0.05) is 29.2 Å². The molecule has 0 aliphatic carbocycles. The number of ether oxygens (including phenoxy) is 1. The number of carboxylic acid groups (broad SMARTS) is 1. The first-order valence-electron chi connectivity index (χ1n) is 10.6. The van der Waals surface area contributed by atoms with E-state index in [2.05, 4.69) is 4.99 Å². The van der Waals surface area contributed by atoms with Crippen LogP contribution in [0.5, 0.6) is 0 Å². The summed E-state index contributed by atoms with van der Waals surface area (Å²) >= 11 is 1.22. The van der Waals surface area contributed by atoms with E-state index in [-0.39, 0.29) is 24.0 Å². The summed E-state index contributed by atoms with van der Waals surface area (Å²) in [6.07, 6.45) is 1.82. The van der Waals surface area contributed by atoms with E-state index in [0.29, 0.717) is 22.4 Å². The third kappa shape index (κ3) is 4.47. The molecule has 0 bridgehead atoms. The van der Waals surface area contributed by atoms with Crippen molar-refractivity contribution >= 4 is 57.4 Å². The SMILES string of the molecule is CCOC(=O)Cn1c(C)c(/C=C2/SC(=Nc3cccc(C(=O)O)c3)N(C)C2=O)c2ccccc21. The van der Waals surface area contributed by atoms with Gasteiger partial charge in [0.2, 0.25) is 0 Å². The summed E-state index contributed by atoms with van der Waals surface area (Å²) in [5.74, 6) is -1.57. The van der Waals surface area contributed by atoms with Crippen LogP contribution in [0.25, 0.3) is 17.0 Å². The monoisotopic (exact) mass is 477 g/mol. The number of aromatic nitrogens is 1. The fourth-order valence-electron chi connectivity index (χ4n) is 3.78. The Morgan fingerprint density at radius 3 is 2.68 bits per heavy atom. The van der Waals surface area contributed by atoms with Gasteiger partial charge in [-0.25, -0.2) is 9.79 Å². The molecule has 1 saturated heterocycles. The number of amides is 1. The molecule has 0 spiro atoms. The van der Waals surface area contributed by atoms with E-state index >= 15 is 0 Å². The number of carbonyl (C=O) groups excluding carboxylic acids is 2. The number of likely N-dealkylation sites (N-methyl/N-ethyl adjacent to an activating group) is 1. The molecule has 2 heterocycles. The lowest BCUT2D eigenvalue weighted by Crippen LogP contribution is -2.23. The number of hydrogen-bond acceptors (Lipinski definition) is 6. The predicted molar refractivity (Wildman–Crippen MR) is 132 cm³/mol. The molecule has 3 aromatic rings. The Bertz CT molecular complexity index is 1370. The van der Waals surface area contributed by atoms with E-state index in [4.69, 9.17) is 4.74 Å². The van der Waals surface area contributed by atoms with Crippen LogP contribution in [0.2, 0.25) is 0 Å². The molecule has 4 rings (SSSR count). The molecular formula is C25H23N3O5S. The number of aromatic carboxylic acids is 1. The molecule has 174 valence electrons. The topological polar surface area (TPSA) is 101 Å². The summed E-state index contributed by atoms with van der Waals surface area (Å²) in [4.78, 5) is 42.8. The number of hydrogen-bond donors (Lipinski definition) is 1. The molecule has 2 aromatic carbocycles. The maximum Gasteiger partial charge on any atom is 0.335 e. The highest BCUT2D eigenvalue weighted by Gasteiger charge is 2.31. The molecule has 1 aliphatic rings. The molecule has 0 atom stereocenters. The minimum Gasteiger partial charge on any atom is -0.478 e. The summed E-state index contributed by atoms with van der Waals surface area (Å²) in [6, 6.07) is 14.0. The molecule has 1 N–H and O–H groups in total. The van der Waals surface area contributed by atoms with Crippen LogP contribution in [0.15, 0.2) is 58.4 Å². The van der Waals surface area contributed by atoms with Gasteiger partial charge in [0.1, 0.15) is 6.54 Å². The minimum absolute atomic E-state index is 0.0803. The number of carboxylic acids is 1. The van der Waals surface area contributed by atoms with Crippen molar-refractivity contribution in [2.75, 3.05) is 13.7 Å². The summed E-state index contributed by atoms with van der Waals surface area (Å²) in [6.45, 7) is 4.07. The number of esters is 1. The van der Waals surface area contributed by atoms with Gasteiger partial charge >= 0.3 is 11.9 Å². The van der Waals surface area contributed by atoms with Gasteiger partial charge in [-0.3, -0.25) is 14.5 Å². The van der Waals surface area contributed by atoms with Gasteiger partial charge in [0.25, 0.3) is 5.91 Å². The molecule has 1 aliphatic heterocycles. The van der Waals surface area contributed by atoms with Crippen molar-refractivity contribution in [3.8, 4) is 0 Å². The van der Waals surface area contributed by atoms with Crippen molar-refractivity contribution in [1.29, 1.82) is 0 Å². The summed E-state index contributed by atoms with van der Waals surface area (Å²) < 4.78 is 7.01. The zero-order valence-electron chi connectivity index (χ0n) is 18.9. The van der Waals surface area contributed by atoms with Crippen LogP contribution in [0.3, 0.4) is 0 Å². The zero-order chi connectivity index (χ0) is 24.4. The largest absolute Gasteiger partial charge is 0.478 e. The molecule has 1 fully saturated rings. The number of carbonyl (C=O) groups is 3. The number of nitrogens with zero attached hydrogens (tertiary/aromatic N) is 3. The van der Waals surface area contributed by atoms with E-state index in [0.717, 1.165) is 22.2 Å². The number of amidine groups is 1. The second-order valence-corrected chi connectivity index (χ2v) is 8.64. The van der Waals surface area contributed by atoms with Crippen molar-refractivity contribution in [2.45, 2.75) is 20.4 Å². The average molecular weight is 478 g/mol. The predicted octanol–water partition coefficient (Wildman–Crippen LogP) is 4.44. The smallest absolute Gasteiger partial charge is 0.335 e. The van der Waals surface area contributed by atoms with Crippen LogP contribution in [-0.4, -0.2) is 51.2 Å². The first-order chi connectivity index (χ1) is 16.3. The van der Waals surface area contributed by atoms with E-state index in [1.165, 1.54) is 28.8 Å². The number of fused-ring (bicyclic) bond motifs is 1. The highest BCUT2D eigenvalue weighted by molar-refractivity contribution is 8.18. The van der Waals surface area contributed by atoms with Gasteiger partial charge in [0.05, 0.1) is 22.8 Å². The van der Waals surface area contributed by atoms with Crippen molar-refractivity contribution in [3.05, 3.63) is 70.3 Å². The van der Waals surface area contributed by atoms with Crippen LogP contribution in [0.4, 0.5) is 5.69 Å². The van der Waals surface area contributed by atoms with Crippen LogP contribution in [0, 0.1) is 6.92 Å². The van der Waals surface area contributed by atoms with Gasteiger partial charge < -0.3 is 14.4 Å². The molecule has 1 aromatic heterocycles. The fraction of sp³-hybridized carbons (Fsp3) is 0.200. The van der Waals surface area contributed by atoms with Gasteiger partial charge in [0.15, 0.2) is 5.17 Å². The molecule has 0 saturated carbocycles. The Morgan fingerprint density at radius 1 is 1.18 bits per heavy atom. The first-order valence-corrected chi connectivity index (χ1v) is 11.4. The van der Waals surface area contributed by atoms with Crippen molar-refractivity contribution in [1.82, 2.24) is 9.47 Å². The zero-order valence-corrected chi connectivity index (χ0v) is 19.8. The van der Waals surface area contributed by atoms with Crippen molar-refractivity contribution in [2.24, 2.45) is 4.99 Å².